The van der Waals surface area contributed by atoms with E-state index < -0.39 is 5.97 Å². The summed E-state index contributed by atoms with van der Waals surface area (Å²) >= 11 is 0. The first kappa shape index (κ1) is 30.3. The van der Waals surface area contributed by atoms with E-state index in [0.29, 0.717) is 31.1 Å². The van der Waals surface area contributed by atoms with E-state index in [-0.39, 0.29) is 12.4 Å². The topological polar surface area (TPSA) is 76.1 Å². The minimum absolute atomic E-state index is 0.181. The lowest BCUT2D eigenvalue weighted by atomic mass is 9.84. The Morgan fingerprint density at radius 1 is 0.854 bits per heavy atom. The first-order valence-electron chi connectivity index (χ1n) is 14.9. The van der Waals surface area contributed by atoms with Gasteiger partial charge in [-0.15, -0.1) is 0 Å². The minimum atomic E-state index is -0.760. The van der Waals surface area contributed by atoms with Crippen LogP contribution in [0.3, 0.4) is 0 Å². The van der Waals surface area contributed by atoms with E-state index in [1.165, 1.54) is 50.3 Å². The van der Waals surface area contributed by atoms with Crippen molar-refractivity contribution in [3.8, 4) is 5.75 Å². The van der Waals surface area contributed by atoms with Crippen molar-refractivity contribution in [2.75, 3.05) is 20.2 Å². The molecular weight excluding hydrogens is 514 g/mol. The first-order chi connectivity index (χ1) is 20.0. The molecule has 3 aromatic rings. The first-order valence-corrected chi connectivity index (χ1v) is 14.9. The highest BCUT2D eigenvalue weighted by molar-refractivity contribution is 5.89. The Balaban J connectivity index is 1.35. The van der Waals surface area contributed by atoms with Crippen molar-refractivity contribution < 1.29 is 24.2 Å². The predicted octanol–water partition coefficient (Wildman–Crippen LogP) is 7.40. The van der Waals surface area contributed by atoms with Crippen LogP contribution in [0.2, 0.25) is 0 Å². The van der Waals surface area contributed by atoms with Crippen LogP contribution in [0, 0.1) is 0 Å². The molecule has 4 rings (SSSR count). The number of nitrogens with zero attached hydrogens (tertiary/aromatic N) is 1. The van der Waals surface area contributed by atoms with Gasteiger partial charge in [0, 0.05) is 19.5 Å². The molecule has 0 bridgehead atoms. The molecule has 41 heavy (non-hydrogen) atoms. The summed E-state index contributed by atoms with van der Waals surface area (Å²) in [4.78, 5) is 25.1. The minimum Gasteiger partial charge on any atom is -0.489 e. The van der Waals surface area contributed by atoms with Crippen LogP contribution in [0.4, 0.5) is 0 Å². The van der Waals surface area contributed by atoms with Gasteiger partial charge < -0.3 is 14.6 Å². The number of carboxylic acids is 1. The summed E-state index contributed by atoms with van der Waals surface area (Å²) in [6.45, 7) is 2.85. The molecule has 1 fully saturated rings. The Kier molecular flexibility index (Phi) is 11.8. The van der Waals surface area contributed by atoms with Gasteiger partial charge in [-0.3, -0.25) is 9.69 Å². The van der Waals surface area contributed by atoms with Crippen LogP contribution in [-0.2, 0) is 29.1 Å². The summed E-state index contributed by atoms with van der Waals surface area (Å²) in [7, 11) is 1.38. The number of carbonyl (C=O) groups excluding carboxylic acids is 1. The van der Waals surface area contributed by atoms with Crippen LogP contribution >= 0.6 is 0 Å². The third-order valence-corrected chi connectivity index (χ3v) is 8.02. The lowest BCUT2D eigenvalue weighted by Gasteiger charge is -2.23. The van der Waals surface area contributed by atoms with Crippen molar-refractivity contribution in [3.05, 3.63) is 101 Å². The quantitative estimate of drug-likeness (QED) is 0.155. The summed E-state index contributed by atoms with van der Waals surface area (Å²) < 4.78 is 11.1. The Hall–Kier alpha value is -3.64. The van der Waals surface area contributed by atoms with Gasteiger partial charge in [-0.25, -0.2) is 4.79 Å². The van der Waals surface area contributed by atoms with E-state index >= 15 is 0 Å². The van der Waals surface area contributed by atoms with E-state index in [1.54, 1.807) is 12.1 Å². The van der Waals surface area contributed by atoms with Gasteiger partial charge in [-0.05, 0) is 85.0 Å². The van der Waals surface area contributed by atoms with Crippen LogP contribution < -0.4 is 4.74 Å². The fourth-order valence-electron chi connectivity index (χ4n) is 5.62. The molecule has 0 aliphatic heterocycles. The highest BCUT2D eigenvalue weighted by Gasteiger charge is 2.15. The molecule has 0 atom stereocenters. The number of para-hydroxylation sites is 1. The Bertz CT molecular complexity index is 1230. The molecule has 3 aromatic carbocycles. The number of esters is 1. The van der Waals surface area contributed by atoms with Crippen LogP contribution in [0.25, 0.3) is 0 Å². The highest BCUT2D eigenvalue weighted by Crippen LogP contribution is 2.32. The summed E-state index contributed by atoms with van der Waals surface area (Å²) in [5.41, 5.74) is 5.41. The molecule has 0 amide bonds. The van der Waals surface area contributed by atoms with Crippen LogP contribution in [0.1, 0.15) is 89.9 Å². The van der Waals surface area contributed by atoms with Crippen LogP contribution in [0.5, 0.6) is 5.75 Å². The second kappa shape index (κ2) is 16.0. The van der Waals surface area contributed by atoms with E-state index in [2.05, 4.69) is 35.2 Å². The average Bonchev–Trinajstić information content (AvgIpc) is 3.01. The van der Waals surface area contributed by atoms with Gasteiger partial charge >= 0.3 is 11.9 Å². The highest BCUT2D eigenvalue weighted by atomic mass is 16.5. The number of hydrogen-bond acceptors (Lipinski definition) is 5. The second-order valence-corrected chi connectivity index (χ2v) is 11.0. The van der Waals surface area contributed by atoms with Crippen molar-refractivity contribution in [2.45, 2.75) is 76.9 Å². The van der Waals surface area contributed by atoms with Gasteiger partial charge in [0.1, 0.15) is 12.4 Å². The number of benzene rings is 3. The molecule has 0 aromatic heterocycles. The number of unbranched alkanes of at least 4 members (excludes halogenated alkanes) is 1. The number of rotatable bonds is 15. The smallest absolute Gasteiger partial charge is 0.337 e. The second-order valence-electron chi connectivity index (χ2n) is 11.0. The third-order valence-electron chi connectivity index (χ3n) is 8.02. The molecule has 0 heterocycles. The van der Waals surface area contributed by atoms with E-state index in [0.717, 1.165) is 42.8 Å². The van der Waals surface area contributed by atoms with E-state index in [9.17, 15) is 9.59 Å². The van der Waals surface area contributed by atoms with Gasteiger partial charge in [0.05, 0.1) is 12.7 Å². The van der Waals surface area contributed by atoms with Gasteiger partial charge in [0.25, 0.3) is 0 Å². The zero-order chi connectivity index (χ0) is 28.9. The third kappa shape index (κ3) is 9.75. The molecule has 0 radical (unpaired) electrons. The van der Waals surface area contributed by atoms with Crippen molar-refractivity contribution >= 4 is 11.9 Å². The van der Waals surface area contributed by atoms with Crippen LogP contribution in [0.15, 0.2) is 72.8 Å². The molecular formula is C35H43NO5. The molecule has 1 aliphatic rings. The molecule has 218 valence electrons. The molecule has 6 heteroatoms. The maximum absolute atomic E-state index is 11.8. The maximum Gasteiger partial charge on any atom is 0.337 e. The Labute approximate surface area is 244 Å². The van der Waals surface area contributed by atoms with Gasteiger partial charge in [-0.2, -0.15) is 0 Å². The van der Waals surface area contributed by atoms with E-state index in [4.69, 9.17) is 14.6 Å². The number of carboxylic acid groups (broad SMARTS) is 1. The number of methoxy groups -OCH3 is 1. The van der Waals surface area contributed by atoms with E-state index in [1.807, 2.05) is 30.3 Å². The molecule has 1 aliphatic carbocycles. The average molecular weight is 558 g/mol. The SMILES string of the molecule is COC(=O)c1ccc(CN(CCCCC(=O)O)CCc2ccccc2OCc2ccc(C3CCCCC3)cc2)cc1. The normalized spacial score (nSPS) is 13.7. The number of ether oxygens (including phenoxy) is 2. The summed E-state index contributed by atoms with van der Waals surface area (Å²) in [6, 6.07) is 24.7. The summed E-state index contributed by atoms with van der Waals surface area (Å²) in [6.07, 6.45) is 9.11. The molecule has 0 unspecified atom stereocenters. The lowest BCUT2D eigenvalue weighted by Crippen LogP contribution is -2.27. The zero-order valence-corrected chi connectivity index (χ0v) is 24.2. The van der Waals surface area contributed by atoms with Gasteiger partial charge in [0.2, 0.25) is 0 Å². The molecule has 1 saturated carbocycles. The van der Waals surface area contributed by atoms with Crippen molar-refractivity contribution in [1.29, 1.82) is 0 Å². The molecule has 1 N–H and O–H groups in total. The number of aliphatic carboxylic acids is 1. The maximum atomic E-state index is 11.8. The molecule has 0 saturated heterocycles. The fraction of sp³-hybridized carbons (Fsp3) is 0.429. The standard InChI is InChI=1S/C35H43NO5/c1-40-35(39)32-20-14-27(15-21-32)25-36(23-8-7-13-34(37)38)24-22-31-11-5-6-12-33(31)41-26-28-16-18-30(19-17-28)29-9-3-2-4-10-29/h5-6,11-12,14-21,29H,2-4,7-10,13,22-26H2,1H3,(H,37,38). The molecule has 6 nitrogen and oxygen atoms in total. The lowest BCUT2D eigenvalue weighted by molar-refractivity contribution is -0.137. The summed E-state index contributed by atoms with van der Waals surface area (Å²) in [5.74, 6) is 0.498. The van der Waals surface area contributed by atoms with Crippen molar-refractivity contribution in [3.63, 3.8) is 0 Å². The largest absolute Gasteiger partial charge is 0.489 e. The summed E-state index contributed by atoms with van der Waals surface area (Å²) in [5, 5.41) is 9.03. The fourth-order valence-corrected chi connectivity index (χ4v) is 5.62. The zero-order valence-electron chi connectivity index (χ0n) is 24.2. The van der Waals surface area contributed by atoms with Crippen LogP contribution in [-0.4, -0.2) is 42.1 Å². The number of hydrogen-bond donors (Lipinski definition) is 1. The van der Waals surface area contributed by atoms with Crippen molar-refractivity contribution in [1.82, 2.24) is 4.90 Å². The Morgan fingerprint density at radius 3 is 2.27 bits per heavy atom. The number of carbonyl (C=O) groups is 2. The van der Waals surface area contributed by atoms with Crippen molar-refractivity contribution in [2.24, 2.45) is 0 Å². The predicted molar refractivity (Wildman–Crippen MR) is 161 cm³/mol. The molecule has 0 spiro atoms. The van der Waals surface area contributed by atoms with Gasteiger partial charge in [-0.1, -0.05) is 73.9 Å². The monoisotopic (exact) mass is 557 g/mol. The van der Waals surface area contributed by atoms with Gasteiger partial charge in [0.15, 0.2) is 0 Å². The Morgan fingerprint density at radius 2 is 1.56 bits per heavy atom.